The number of methoxy groups -OCH3 is 1. The zero-order valence-corrected chi connectivity index (χ0v) is 12.4. The number of hydrogen-bond acceptors (Lipinski definition) is 2. The smallest absolute Gasteiger partial charge is 0.326 e. The molecular formula is C12H14BrClO3. The molecule has 1 unspecified atom stereocenters. The fraction of sp³-hybridized carbons (Fsp3) is 0.417. The molecule has 0 aliphatic rings. The van der Waals surface area contributed by atoms with E-state index in [4.69, 9.17) is 21.4 Å². The van der Waals surface area contributed by atoms with Crippen LogP contribution in [0.2, 0.25) is 0 Å². The Labute approximate surface area is 114 Å². The van der Waals surface area contributed by atoms with Crippen molar-refractivity contribution in [3.8, 4) is 5.75 Å². The topological polar surface area (TPSA) is 46.5 Å². The van der Waals surface area contributed by atoms with Crippen molar-refractivity contribution in [3.63, 3.8) is 0 Å². The van der Waals surface area contributed by atoms with E-state index in [1.807, 2.05) is 20.8 Å². The van der Waals surface area contributed by atoms with Gasteiger partial charge >= 0.3 is 5.97 Å². The van der Waals surface area contributed by atoms with E-state index in [1.54, 1.807) is 0 Å². The lowest BCUT2D eigenvalue weighted by atomic mass is 9.96. The van der Waals surface area contributed by atoms with Crippen LogP contribution in [0.15, 0.2) is 4.47 Å². The van der Waals surface area contributed by atoms with Crippen LogP contribution in [-0.2, 0) is 4.79 Å². The van der Waals surface area contributed by atoms with Gasteiger partial charge in [-0.3, -0.25) is 4.79 Å². The third kappa shape index (κ3) is 2.43. The van der Waals surface area contributed by atoms with Gasteiger partial charge in [0.1, 0.15) is 5.75 Å². The second-order valence-corrected chi connectivity index (χ2v) is 5.07. The minimum absolute atomic E-state index is 0.511. The Bertz CT molecular complexity index is 472. The maximum absolute atomic E-state index is 11.0. The molecule has 94 valence electrons. The van der Waals surface area contributed by atoms with Gasteiger partial charge in [0.05, 0.1) is 7.11 Å². The van der Waals surface area contributed by atoms with Gasteiger partial charge in [0.15, 0.2) is 5.38 Å². The van der Waals surface area contributed by atoms with Crippen molar-refractivity contribution < 1.29 is 14.6 Å². The third-order valence-electron chi connectivity index (χ3n) is 2.88. The largest absolute Gasteiger partial charge is 0.496 e. The van der Waals surface area contributed by atoms with Crippen LogP contribution in [-0.4, -0.2) is 18.2 Å². The van der Waals surface area contributed by atoms with Crippen LogP contribution < -0.4 is 4.74 Å². The van der Waals surface area contributed by atoms with Gasteiger partial charge in [-0.15, -0.1) is 11.6 Å². The first-order valence-corrected chi connectivity index (χ1v) is 6.25. The van der Waals surface area contributed by atoms with Crippen LogP contribution in [0, 0.1) is 20.8 Å². The van der Waals surface area contributed by atoms with Crippen molar-refractivity contribution in [2.75, 3.05) is 7.11 Å². The third-order valence-corrected chi connectivity index (χ3v) is 4.48. The van der Waals surface area contributed by atoms with Crippen LogP contribution in [0.5, 0.6) is 5.75 Å². The lowest BCUT2D eigenvalue weighted by molar-refractivity contribution is -0.136. The second kappa shape index (κ2) is 5.27. The summed E-state index contributed by atoms with van der Waals surface area (Å²) in [5, 5.41) is 7.92. The average Bonchev–Trinajstić information content (AvgIpc) is 2.29. The molecule has 0 heterocycles. The molecule has 3 nitrogen and oxygen atoms in total. The maximum Gasteiger partial charge on any atom is 0.326 e. The van der Waals surface area contributed by atoms with Gasteiger partial charge in [-0.1, -0.05) is 15.9 Å². The summed E-state index contributed by atoms with van der Waals surface area (Å²) < 4.78 is 6.17. The average molecular weight is 322 g/mol. The molecule has 1 atom stereocenters. The molecule has 0 bridgehead atoms. The first-order valence-electron chi connectivity index (χ1n) is 5.02. The van der Waals surface area contributed by atoms with Gasteiger partial charge in [0.2, 0.25) is 0 Å². The molecular weight excluding hydrogens is 307 g/mol. The zero-order valence-electron chi connectivity index (χ0n) is 10.1. The molecule has 1 aromatic rings. The summed E-state index contributed by atoms with van der Waals surface area (Å²) in [6.45, 7) is 5.66. The molecule has 0 aliphatic heterocycles. The standard InChI is InChI=1S/C12H14BrClO3/c1-5-6(2)11(17-4)8(7(3)9(5)13)10(14)12(15)16/h10H,1-4H3,(H,15,16). The Balaban J connectivity index is 3.63. The number of hydrogen-bond donors (Lipinski definition) is 1. The summed E-state index contributed by atoms with van der Waals surface area (Å²) in [5.74, 6) is -0.534. The fourth-order valence-electron chi connectivity index (χ4n) is 1.80. The lowest BCUT2D eigenvalue weighted by Gasteiger charge is -2.20. The summed E-state index contributed by atoms with van der Waals surface area (Å²) in [4.78, 5) is 11.0. The van der Waals surface area contributed by atoms with Gasteiger partial charge in [0, 0.05) is 10.0 Å². The van der Waals surface area contributed by atoms with E-state index < -0.39 is 11.3 Å². The zero-order chi connectivity index (χ0) is 13.3. The fourth-order valence-corrected chi connectivity index (χ4v) is 2.57. The van der Waals surface area contributed by atoms with Gasteiger partial charge in [0.25, 0.3) is 0 Å². The van der Waals surface area contributed by atoms with Gasteiger partial charge < -0.3 is 9.84 Å². The van der Waals surface area contributed by atoms with Crippen molar-refractivity contribution in [1.82, 2.24) is 0 Å². The number of rotatable bonds is 3. The summed E-state index contributed by atoms with van der Waals surface area (Å²) in [7, 11) is 1.52. The number of carboxylic acids is 1. The van der Waals surface area contributed by atoms with Crippen molar-refractivity contribution in [1.29, 1.82) is 0 Å². The second-order valence-electron chi connectivity index (χ2n) is 3.84. The summed E-state index contributed by atoms with van der Waals surface area (Å²) >= 11 is 9.38. The Morgan fingerprint density at radius 2 is 1.82 bits per heavy atom. The summed E-state index contributed by atoms with van der Waals surface area (Å²) in [6.07, 6.45) is 0. The molecule has 0 aliphatic carbocycles. The quantitative estimate of drug-likeness (QED) is 0.863. The summed E-state index contributed by atoms with van der Waals surface area (Å²) in [5.41, 5.74) is 3.23. The monoisotopic (exact) mass is 320 g/mol. The highest BCUT2D eigenvalue weighted by molar-refractivity contribution is 9.10. The SMILES string of the molecule is COc1c(C)c(C)c(Br)c(C)c1C(Cl)C(=O)O. The van der Waals surface area contributed by atoms with Crippen LogP contribution in [0.1, 0.15) is 27.6 Å². The number of alkyl halides is 1. The first kappa shape index (κ1) is 14.3. The number of carboxylic acid groups (broad SMARTS) is 1. The van der Waals surface area contributed by atoms with Crippen LogP contribution in [0.4, 0.5) is 0 Å². The molecule has 0 fully saturated rings. The minimum Gasteiger partial charge on any atom is -0.496 e. The Hall–Kier alpha value is -0.740. The van der Waals surface area contributed by atoms with E-state index >= 15 is 0 Å². The molecule has 0 aromatic heterocycles. The van der Waals surface area contributed by atoms with E-state index in [2.05, 4.69) is 15.9 Å². The molecule has 1 N–H and O–H groups in total. The highest BCUT2D eigenvalue weighted by atomic mass is 79.9. The van der Waals surface area contributed by atoms with Crippen LogP contribution in [0.3, 0.4) is 0 Å². The van der Waals surface area contributed by atoms with Gasteiger partial charge in [-0.2, -0.15) is 0 Å². The Morgan fingerprint density at radius 3 is 2.24 bits per heavy atom. The highest BCUT2D eigenvalue weighted by Crippen LogP contribution is 2.41. The molecule has 0 radical (unpaired) electrons. The summed E-state index contributed by atoms with van der Waals surface area (Å²) in [6, 6.07) is 0. The predicted molar refractivity (Wildman–Crippen MR) is 71.1 cm³/mol. The number of aliphatic carboxylic acids is 1. The van der Waals surface area contributed by atoms with E-state index in [1.165, 1.54) is 7.11 Å². The number of benzene rings is 1. The van der Waals surface area contributed by atoms with Gasteiger partial charge in [-0.25, -0.2) is 0 Å². The Morgan fingerprint density at radius 1 is 1.29 bits per heavy atom. The highest BCUT2D eigenvalue weighted by Gasteiger charge is 2.26. The molecule has 0 spiro atoms. The van der Waals surface area contributed by atoms with Crippen LogP contribution >= 0.6 is 27.5 Å². The van der Waals surface area contributed by atoms with E-state index in [0.29, 0.717) is 11.3 Å². The van der Waals surface area contributed by atoms with Crippen molar-refractivity contribution in [2.24, 2.45) is 0 Å². The van der Waals surface area contributed by atoms with Crippen molar-refractivity contribution in [3.05, 3.63) is 26.7 Å². The number of halogens is 2. The maximum atomic E-state index is 11.0. The number of ether oxygens (including phenoxy) is 1. The molecule has 17 heavy (non-hydrogen) atoms. The van der Waals surface area contributed by atoms with E-state index in [9.17, 15) is 4.79 Å². The molecule has 1 aromatic carbocycles. The van der Waals surface area contributed by atoms with E-state index in [-0.39, 0.29) is 0 Å². The predicted octanol–water partition coefficient (Wildman–Crippen LogP) is 3.75. The normalized spacial score (nSPS) is 12.4. The lowest BCUT2D eigenvalue weighted by Crippen LogP contribution is -2.10. The van der Waals surface area contributed by atoms with Gasteiger partial charge in [-0.05, 0) is 37.5 Å². The van der Waals surface area contributed by atoms with Crippen LogP contribution in [0.25, 0.3) is 0 Å². The molecule has 5 heteroatoms. The number of carbonyl (C=O) groups is 1. The molecule has 0 saturated heterocycles. The molecule has 0 saturated carbocycles. The Kier molecular flexibility index (Phi) is 4.44. The van der Waals surface area contributed by atoms with E-state index in [0.717, 1.165) is 21.2 Å². The molecule has 0 amide bonds. The molecule has 1 rings (SSSR count). The first-order chi connectivity index (χ1) is 7.82. The minimum atomic E-state index is -1.11. The van der Waals surface area contributed by atoms with Crippen molar-refractivity contribution >= 4 is 33.5 Å². The van der Waals surface area contributed by atoms with Crippen molar-refractivity contribution in [2.45, 2.75) is 26.1 Å².